The summed E-state index contributed by atoms with van der Waals surface area (Å²) in [6.07, 6.45) is 5.56. The molecule has 1 N–H and O–H groups in total. The molecule has 4 nitrogen and oxygen atoms in total. The van der Waals surface area contributed by atoms with Gasteiger partial charge in [0.2, 0.25) is 0 Å². The van der Waals surface area contributed by atoms with Crippen molar-refractivity contribution in [2.45, 2.75) is 50.9 Å². The zero-order valence-corrected chi connectivity index (χ0v) is 14.4. The van der Waals surface area contributed by atoms with E-state index in [0.29, 0.717) is 5.92 Å². The molecule has 2 rings (SSSR count). The van der Waals surface area contributed by atoms with Gasteiger partial charge < -0.3 is 9.88 Å². The Morgan fingerprint density at radius 1 is 1.45 bits per heavy atom. The maximum atomic E-state index is 4.37. The number of nitrogens with zero attached hydrogens (tertiary/aromatic N) is 3. The maximum Gasteiger partial charge on any atom is 0.190 e. The third kappa shape index (κ3) is 4.67. The average Bonchev–Trinajstić information content (AvgIpc) is 3.04. The highest BCUT2D eigenvalue weighted by molar-refractivity contribution is 7.99. The van der Waals surface area contributed by atoms with E-state index in [1.54, 1.807) is 11.8 Å². The number of nitrogens with one attached hydrogen (secondary N) is 1. The van der Waals surface area contributed by atoms with Crippen LogP contribution in [0.2, 0.25) is 0 Å². The molecule has 1 aromatic rings. The van der Waals surface area contributed by atoms with E-state index < -0.39 is 0 Å². The second-order valence-electron chi connectivity index (χ2n) is 5.73. The number of aryl methyl sites for hydroxylation is 1. The molecule has 114 valence electrons. The normalized spacial score (nSPS) is 19.1. The summed E-state index contributed by atoms with van der Waals surface area (Å²) in [7, 11) is 0. The van der Waals surface area contributed by atoms with Gasteiger partial charge in [0.15, 0.2) is 5.16 Å². The van der Waals surface area contributed by atoms with Crippen molar-refractivity contribution in [3.63, 3.8) is 0 Å². The second-order valence-corrected chi connectivity index (χ2v) is 7.65. The van der Waals surface area contributed by atoms with Crippen LogP contribution in [0.1, 0.15) is 32.5 Å². The van der Waals surface area contributed by atoms with E-state index in [1.807, 2.05) is 0 Å². The van der Waals surface area contributed by atoms with Crippen molar-refractivity contribution in [2.75, 3.05) is 24.3 Å². The predicted octanol–water partition coefficient (Wildman–Crippen LogP) is 2.68. The van der Waals surface area contributed by atoms with Crippen molar-refractivity contribution in [2.24, 2.45) is 5.92 Å². The molecule has 20 heavy (non-hydrogen) atoms. The molecule has 0 radical (unpaired) electrons. The molecule has 1 unspecified atom stereocenters. The topological polar surface area (TPSA) is 42.7 Å². The summed E-state index contributed by atoms with van der Waals surface area (Å²) >= 11 is 3.75. The van der Waals surface area contributed by atoms with Gasteiger partial charge in [0.05, 0.1) is 0 Å². The van der Waals surface area contributed by atoms with Crippen molar-refractivity contribution < 1.29 is 0 Å². The summed E-state index contributed by atoms with van der Waals surface area (Å²) in [4.78, 5) is 0. The summed E-state index contributed by atoms with van der Waals surface area (Å²) in [6, 6.07) is 0.732. The molecule has 6 heteroatoms. The Morgan fingerprint density at radius 2 is 2.30 bits per heavy atom. The Hall–Kier alpha value is -0.200. The minimum atomic E-state index is 0.629. The molecule has 1 atom stereocenters. The van der Waals surface area contributed by atoms with E-state index in [2.05, 4.69) is 51.9 Å². The SMILES string of the molecule is CSc1nnc(CCCNC2CCSC2)n1CC(C)C. The molecule has 0 bridgehead atoms. The van der Waals surface area contributed by atoms with Gasteiger partial charge >= 0.3 is 0 Å². The molecule has 2 heterocycles. The van der Waals surface area contributed by atoms with Gasteiger partial charge in [-0.15, -0.1) is 10.2 Å². The monoisotopic (exact) mass is 314 g/mol. The Kier molecular flexibility index (Phi) is 6.71. The van der Waals surface area contributed by atoms with Gasteiger partial charge in [-0.05, 0) is 37.3 Å². The largest absolute Gasteiger partial charge is 0.313 e. The first kappa shape index (κ1) is 16.2. The fourth-order valence-corrected chi connectivity index (χ4v) is 4.16. The summed E-state index contributed by atoms with van der Waals surface area (Å²) < 4.78 is 2.29. The molecule has 0 aliphatic carbocycles. The van der Waals surface area contributed by atoms with Crippen molar-refractivity contribution >= 4 is 23.5 Å². The predicted molar refractivity (Wildman–Crippen MR) is 88.7 cm³/mol. The lowest BCUT2D eigenvalue weighted by Crippen LogP contribution is -2.29. The van der Waals surface area contributed by atoms with Crippen LogP contribution in [-0.2, 0) is 13.0 Å². The van der Waals surface area contributed by atoms with Crippen LogP contribution >= 0.6 is 23.5 Å². The third-order valence-electron chi connectivity index (χ3n) is 3.46. The smallest absolute Gasteiger partial charge is 0.190 e. The number of hydrogen-bond donors (Lipinski definition) is 1. The fourth-order valence-electron chi connectivity index (χ4n) is 2.45. The van der Waals surface area contributed by atoms with E-state index in [4.69, 9.17) is 0 Å². The van der Waals surface area contributed by atoms with Gasteiger partial charge in [-0.2, -0.15) is 11.8 Å². The molecular weight excluding hydrogens is 288 g/mol. The Balaban J connectivity index is 1.80. The molecule has 0 aromatic carbocycles. The Labute approximate surface area is 130 Å². The van der Waals surface area contributed by atoms with Crippen molar-refractivity contribution in [1.82, 2.24) is 20.1 Å². The number of thioether (sulfide) groups is 2. The first-order valence-corrected chi connectivity index (χ1v) is 9.86. The fraction of sp³-hybridized carbons (Fsp3) is 0.857. The minimum Gasteiger partial charge on any atom is -0.313 e. The molecule has 0 saturated carbocycles. The van der Waals surface area contributed by atoms with Gasteiger partial charge in [-0.3, -0.25) is 0 Å². The van der Waals surface area contributed by atoms with Crippen molar-refractivity contribution in [3.05, 3.63) is 5.82 Å². The first-order chi connectivity index (χ1) is 9.70. The second kappa shape index (κ2) is 8.29. The van der Waals surface area contributed by atoms with Crippen molar-refractivity contribution in [3.8, 4) is 0 Å². The lowest BCUT2D eigenvalue weighted by atomic mass is 10.2. The van der Waals surface area contributed by atoms with Crippen LogP contribution < -0.4 is 5.32 Å². The standard InChI is InChI=1S/C14H26N4S2/c1-11(2)9-18-13(16-17-14(18)19-3)5-4-7-15-12-6-8-20-10-12/h11-12,15H,4-10H2,1-3H3. The lowest BCUT2D eigenvalue weighted by molar-refractivity contribution is 0.472. The molecule has 0 amide bonds. The molecule has 0 spiro atoms. The van der Waals surface area contributed by atoms with Gasteiger partial charge in [-0.1, -0.05) is 25.6 Å². The van der Waals surface area contributed by atoms with Crippen LogP contribution in [0.5, 0.6) is 0 Å². The van der Waals surface area contributed by atoms with Gasteiger partial charge in [0.25, 0.3) is 0 Å². The van der Waals surface area contributed by atoms with Crippen LogP contribution in [0.3, 0.4) is 0 Å². The third-order valence-corrected chi connectivity index (χ3v) is 5.29. The van der Waals surface area contributed by atoms with E-state index in [9.17, 15) is 0 Å². The molecular formula is C14H26N4S2. The minimum absolute atomic E-state index is 0.629. The summed E-state index contributed by atoms with van der Waals surface area (Å²) in [5.41, 5.74) is 0. The van der Waals surface area contributed by atoms with Crippen molar-refractivity contribution in [1.29, 1.82) is 0 Å². The molecule has 1 saturated heterocycles. The maximum absolute atomic E-state index is 4.37. The van der Waals surface area contributed by atoms with Crippen LogP contribution in [0.25, 0.3) is 0 Å². The number of hydrogen-bond acceptors (Lipinski definition) is 5. The highest BCUT2D eigenvalue weighted by Crippen LogP contribution is 2.18. The number of rotatable bonds is 8. The van der Waals surface area contributed by atoms with Gasteiger partial charge in [0, 0.05) is 24.8 Å². The molecule has 1 aliphatic rings. The van der Waals surface area contributed by atoms with Crippen LogP contribution in [0.15, 0.2) is 5.16 Å². The summed E-state index contributed by atoms with van der Waals surface area (Å²) in [5.74, 6) is 4.37. The van der Waals surface area contributed by atoms with Gasteiger partial charge in [-0.25, -0.2) is 0 Å². The quantitative estimate of drug-likeness (QED) is 0.590. The van der Waals surface area contributed by atoms with Crippen LogP contribution in [0.4, 0.5) is 0 Å². The summed E-state index contributed by atoms with van der Waals surface area (Å²) in [6.45, 7) is 6.60. The Bertz CT molecular complexity index is 400. The highest BCUT2D eigenvalue weighted by Gasteiger charge is 2.15. The lowest BCUT2D eigenvalue weighted by Gasteiger charge is -2.13. The van der Waals surface area contributed by atoms with Crippen LogP contribution in [-0.4, -0.2) is 45.1 Å². The van der Waals surface area contributed by atoms with E-state index in [0.717, 1.165) is 43.0 Å². The summed E-state index contributed by atoms with van der Waals surface area (Å²) in [5, 5.41) is 13.4. The van der Waals surface area contributed by atoms with E-state index >= 15 is 0 Å². The first-order valence-electron chi connectivity index (χ1n) is 7.48. The zero-order chi connectivity index (χ0) is 14.4. The Morgan fingerprint density at radius 3 is 2.95 bits per heavy atom. The van der Waals surface area contributed by atoms with Crippen LogP contribution in [0, 0.1) is 5.92 Å². The molecule has 1 aromatic heterocycles. The molecule has 1 aliphatic heterocycles. The average molecular weight is 315 g/mol. The zero-order valence-electron chi connectivity index (χ0n) is 12.8. The van der Waals surface area contributed by atoms with E-state index in [-0.39, 0.29) is 0 Å². The van der Waals surface area contributed by atoms with Gasteiger partial charge in [0.1, 0.15) is 5.82 Å². The number of aromatic nitrogens is 3. The van der Waals surface area contributed by atoms with E-state index in [1.165, 1.54) is 17.9 Å². The highest BCUT2D eigenvalue weighted by atomic mass is 32.2. The molecule has 1 fully saturated rings.